The molecule has 1 heterocycles. The molecule has 1 aliphatic rings. The first-order valence-corrected chi connectivity index (χ1v) is 9.18. The summed E-state index contributed by atoms with van der Waals surface area (Å²) in [5.41, 5.74) is -0.122. The number of carbonyl (C=O) groups excluding carboxylic acids is 1. The lowest BCUT2D eigenvalue weighted by molar-refractivity contribution is -0.122. The number of benzene rings is 1. The van der Waals surface area contributed by atoms with E-state index in [2.05, 4.69) is 5.32 Å². The summed E-state index contributed by atoms with van der Waals surface area (Å²) in [6.07, 6.45) is 2.23. The second kappa shape index (κ2) is 7.45. The average Bonchev–Trinajstić information content (AvgIpc) is 3.34. The third kappa shape index (κ3) is 3.96. The fourth-order valence-corrected chi connectivity index (χ4v) is 3.89. The Morgan fingerprint density at radius 1 is 1.28 bits per heavy atom. The van der Waals surface area contributed by atoms with Crippen molar-refractivity contribution in [2.24, 2.45) is 5.92 Å². The molecule has 25 heavy (non-hydrogen) atoms. The predicted octanol–water partition coefficient (Wildman–Crippen LogP) is 2.72. The third-order valence-electron chi connectivity index (χ3n) is 4.57. The number of carbonyl (C=O) groups is 1. The first kappa shape index (κ1) is 17.8. The Balaban J connectivity index is 1.63. The lowest BCUT2D eigenvalue weighted by Crippen LogP contribution is -2.42. The van der Waals surface area contributed by atoms with Crippen LogP contribution < -0.4 is 14.8 Å². The van der Waals surface area contributed by atoms with Gasteiger partial charge in [0.2, 0.25) is 5.91 Å². The van der Waals surface area contributed by atoms with E-state index in [1.54, 1.807) is 26.4 Å². The number of hydrogen-bond donors (Lipinski definition) is 2. The van der Waals surface area contributed by atoms with E-state index in [1.807, 2.05) is 23.6 Å². The van der Waals surface area contributed by atoms with Crippen LogP contribution in [0.25, 0.3) is 0 Å². The van der Waals surface area contributed by atoms with E-state index >= 15 is 0 Å². The minimum absolute atomic E-state index is 0.122. The van der Waals surface area contributed by atoms with Crippen LogP contribution in [0.15, 0.2) is 35.7 Å². The molecule has 1 atom stereocenters. The molecule has 3 rings (SSSR count). The summed E-state index contributed by atoms with van der Waals surface area (Å²) in [6.45, 7) is 0.240. The summed E-state index contributed by atoms with van der Waals surface area (Å²) in [7, 11) is 3.14. The van der Waals surface area contributed by atoms with E-state index in [0.29, 0.717) is 11.5 Å². The number of amides is 1. The maximum Gasteiger partial charge on any atom is 0.224 e. The van der Waals surface area contributed by atoms with Gasteiger partial charge in [0.05, 0.1) is 27.2 Å². The number of hydrogen-bond acceptors (Lipinski definition) is 5. The molecule has 2 aromatic rings. The van der Waals surface area contributed by atoms with Gasteiger partial charge < -0.3 is 19.9 Å². The van der Waals surface area contributed by atoms with Gasteiger partial charge >= 0.3 is 0 Å². The van der Waals surface area contributed by atoms with Crippen LogP contribution in [-0.4, -0.2) is 31.8 Å². The molecule has 0 bridgehead atoms. The number of nitrogens with one attached hydrogen (secondary N) is 1. The molecule has 1 aliphatic carbocycles. The minimum atomic E-state index is -0.957. The van der Waals surface area contributed by atoms with Crippen LogP contribution in [-0.2, 0) is 16.8 Å². The van der Waals surface area contributed by atoms with Gasteiger partial charge in [0.25, 0.3) is 0 Å². The summed E-state index contributed by atoms with van der Waals surface area (Å²) in [5, 5.41) is 15.9. The molecule has 0 aliphatic heterocycles. The van der Waals surface area contributed by atoms with Gasteiger partial charge in [-0.05, 0) is 47.9 Å². The maximum absolute atomic E-state index is 12.3. The van der Waals surface area contributed by atoms with Crippen molar-refractivity contribution in [3.8, 4) is 11.5 Å². The summed E-state index contributed by atoms with van der Waals surface area (Å²) < 4.78 is 10.5. The molecule has 5 nitrogen and oxygen atoms in total. The first-order chi connectivity index (χ1) is 12.1. The van der Waals surface area contributed by atoms with Gasteiger partial charge in [-0.3, -0.25) is 4.79 Å². The Hall–Kier alpha value is -2.05. The van der Waals surface area contributed by atoms with E-state index in [1.165, 1.54) is 11.3 Å². The number of thiophene rings is 1. The van der Waals surface area contributed by atoms with Crippen molar-refractivity contribution in [2.45, 2.75) is 24.9 Å². The summed E-state index contributed by atoms with van der Waals surface area (Å²) in [4.78, 5) is 13.3. The van der Waals surface area contributed by atoms with Crippen LogP contribution in [0, 0.1) is 5.92 Å². The second-order valence-corrected chi connectivity index (χ2v) is 7.27. The Morgan fingerprint density at radius 2 is 2.04 bits per heavy atom. The fourth-order valence-electron chi connectivity index (χ4n) is 2.99. The van der Waals surface area contributed by atoms with Gasteiger partial charge in [0.15, 0.2) is 11.5 Å². The van der Waals surface area contributed by atoms with Crippen LogP contribution in [0.5, 0.6) is 11.5 Å². The van der Waals surface area contributed by atoms with Crippen LogP contribution in [0.2, 0.25) is 0 Å². The van der Waals surface area contributed by atoms with Crippen molar-refractivity contribution < 1.29 is 19.4 Å². The van der Waals surface area contributed by atoms with E-state index in [-0.39, 0.29) is 24.8 Å². The zero-order chi connectivity index (χ0) is 17.9. The topological polar surface area (TPSA) is 67.8 Å². The van der Waals surface area contributed by atoms with Crippen molar-refractivity contribution in [2.75, 3.05) is 20.8 Å². The van der Waals surface area contributed by atoms with Gasteiger partial charge in [-0.25, -0.2) is 0 Å². The fraction of sp³-hybridized carbons (Fsp3) is 0.421. The van der Waals surface area contributed by atoms with Gasteiger partial charge in [0, 0.05) is 4.88 Å². The van der Waals surface area contributed by atoms with E-state index in [0.717, 1.165) is 23.3 Å². The maximum atomic E-state index is 12.3. The number of rotatable bonds is 8. The Bertz CT molecular complexity index is 727. The van der Waals surface area contributed by atoms with Crippen LogP contribution in [0.3, 0.4) is 0 Å². The molecule has 0 radical (unpaired) electrons. The van der Waals surface area contributed by atoms with Crippen LogP contribution in [0.1, 0.15) is 23.3 Å². The van der Waals surface area contributed by atoms with E-state index in [4.69, 9.17) is 9.47 Å². The molecule has 1 aromatic carbocycles. The molecule has 1 unspecified atom stereocenters. The highest BCUT2D eigenvalue weighted by molar-refractivity contribution is 7.10. The lowest BCUT2D eigenvalue weighted by atomic mass is 9.95. The van der Waals surface area contributed by atoms with E-state index < -0.39 is 5.60 Å². The van der Waals surface area contributed by atoms with E-state index in [9.17, 15) is 9.90 Å². The molecule has 1 saturated carbocycles. The number of aliphatic hydroxyl groups is 1. The summed E-state index contributed by atoms with van der Waals surface area (Å²) >= 11 is 1.53. The standard InChI is InChI=1S/C19H23NO4S/c1-23-15-8-5-13(10-16(15)24-2)11-18(21)20-12-19(22,14-6-7-14)17-4-3-9-25-17/h3-5,8-10,14,22H,6-7,11-12H2,1-2H3,(H,20,21). The molecular formula is C19H23NO4S. The van der Waals surface area contributed by atoms with Crippen LogP contribution in [0.4, 0.5) is 0 Å². The van der Waals surface area contributed by atoms with Gasteiger partial charge in [-0.2, -0.15) is 0 Å². The van der Waals surface area contributed by atoms with Crippen LogP contribution >= 0.6 is 11.3 Å². The quantitative estimate of drug-likeness (QED) is 0.759. The average molecular weight is 361 g/mol. The molecule has 134 valence electrons. The summed E-state index contributed by atoms with van der Waals surface area (Å²) in [5.74, 6) is 1.34. The highest BCUT2D eigenvalue weighted by atomic mass is 32.1. The highest BCUT2D eigenvalue weighted by Crippen LogP contribution is 2.46. The van der Waals surface area contributed by atoms with Gasteiger partial charge in [-0.15, -0.1) is 11.3 Å². The van der Waals surface area contributed by atoms with Gasteiger partial charge in [-0.1, -0.05) is 12.1 Å². The Morgan fingerprint density at radius 3 is 2.64 bits per heavy atom. The minimum Gasteiger partial charge on any atom is -0.493 e. The van der Waals surface area contributed by atoms with Crippen molar-refractivity contribution in [3.05, 3.63) is 46.2 Å². The largest absolute Gasteiger partial charge is 0.493 e. The zero-order valence-corrected chi connectivity index (χ0v) is 15.3. The molecule has 1 aromatic heterocycles. The molecular weight excluding hydrogens is 338 g/mol. The highest BCUT2D eigenvalue weighted by Gasteiger charge is 2.45. The normalized spacial score (nSPS) is 16.1. The molecule has 2 N–H and O–H groups in total. The third-order valence-corrected chi connectivity index (χ3v) is 5.60. The Labute approximate surface area is 151 Å². The van der Waals surface area contributed by atoms with Crippen molar-refractivity contribution in [3.63, 3.8) is 0 Å². The molecule has 1 fully saturated rings. The molecule has 0 spiro atoms. The zero-order valence-electron chi connectivity index (χ0n) is 14.5. The second-order valence-electron chi connectivity index (χ2n) is 6.32. The van der Waals surface area contributed by atoms with Crippen molar-refractivity contribution in [1.82, 2.24) is 5.32 Å². The smallest absolute Gasteiger partial charge is 0.224 e. The lowest BCUT2D eigenvalue weighted by Gasteiger charge is -2.27. The molecule has 6 heteroatoms. The number of methoxy groups -OCH3 is 2. The van der Waals surface area contributed by atoms with Crippen molar-refractivity contribution >= 4 is 17.2 Å². The predicted molar refractivity (Wildman–Crippen MR) is 97.2 cm³/mol. The van der Waals surface area contributed by atoms with Crippen molar-refractivity contribution in [1.29, 1.82) is 0 Å². The molecule has 1 amide bonds. The first-order valence-electron chi connectivity index (χ1n) is 8.31. The Kier molecular flexibility index (Phi) is 5.30. The monoisotopic (exact) mass is 361 g/mol. The molecule has 0 saturated heterocycles. The summed E-state index contributed by atoms with van der Waals surface area (Å²) in [6, 6.07) is 9.29. The van der Waals surface area contributed by atoms with Gasteiger partial charge in [0.1, 0.15) is 5.60 Å². The number of ether oxygens (including phenoxy) is 2. The SMILES string of the molecule is COc1ccc(CC(=O)NCC(O)(c2cccs2)C2CC2)cc1OC.